The van der Waals surface area contributed by atoms with Crippen LogP contribution in [0.2, 0.25) is 5.02 Å². The van der Waals surface area contributed by atoms with E-state index in [-0.39, 0.29) is 23.5 Å². The molecule has 2 aromatic carbocycles. The van der Waals surface area contributed by atoms with Crippen LogP contribution in [0, 0.1) is 6.92 Å². The number of amides is 1. The standard InChI is InChI=1S/C30H32ClN5O3S/c1-3-21-7-9-22(10-8-21)27-18-26(28-20(2)33-36(29(28)32-27)25-11-16-40(38,39)19-25)30(37)35-14-12-34(13-15-35)24-6-4-5-23(31)17-24/h4-10,17-18,25H,3,11-16,19H2,1-2H3. The van der Waals surface area contributed by atoms with Gasteiger partial charge < -0.3 is 9.80 Å². The van der Waals surface area contributed by atoms with Crippen LogP contribution in [0.1, 0.15) is 41.0 Å². The number of carbonyl (C=O) groups is 1. The van der Waals surface area contributed by atoms with E-state index in [1.54, 1.807) is 4.68 Å². The molecule has 2 aliphatic heterocycles. The molecule has 0 bridgehead atoms. The first-order valence-corrected chi connectivity index (χ1v) is 15.9. The highest BCUT2D eigenvalue weighted by Crippen LogP contribution is 2.33. The van der Waals surface area contributed by atoms with Gasteiger partial charge in [0.2, 0.25) is 0 Å². The van der Waals surface area contributed by atoms with Gasteiger partial charge in [-0.25, -0.2) is 18.1 Å². The Balaban J connectivity index is 1.38. The second kappa shape index (κ2) is 10.5. The lowest BCUT2D eigenvalue weighted by Crippen LogP contribution is -2.48. The Labute approximate surface area is 239 Å². The van der Waals surface area contributed by atoms with Crippen LogP contribution in [-0.2, 0) is 16.3 Å². The molecule has 4 heterocycles. The van der Waals surface area contributed by atoms with Crippen LogP contribution in [-0.4, -0.2) is 71.7 Å². The number of rotatable bonds is 5. The van der Waals surface area contributed by atoms with Crippen molar-refractivity contribution in [1.82, 2.24) is 19.7 Å². The Bertz CT molecular complexity index is 1690. The van der Waals surface area contributed by atoms with Crippen LogP contribution >= 0.6 is 11.6 Å². The number of sulfone groups is 1. The van der Waals surface area contributed by atoms with E-state index in [2.05, 4.69) is 24.0 Å². The molecule has 8 nitrogen and oxygen atoms in total. The summed E-state index contributed by atoms with van der Waals surface area (Å²) in [7, 11) is -3.12. The summed E-state index contributed by atoms with van der Waals surface area (Å²) in [5.74, 6) is 0.111. The SMILES string of the molecule is CCc1ccc(-c2cc(C(=O)N3CCN(c4cccc(Cl)c4)CC3)c3c(C)nn(C4CCS(=O)(=O)C4)c3n2)cc1. The Morgan fingerprint density at radius 3 is 2.45 bits per heavy atom. The molecular formula is C30H32ClN5O3S. The molecule has 0 N–H and O–H groups in total. The fraction of sp³-hybridized carbons (Fsp3) is 0.367. The van der Waals surface area contributed by atoms with Crippen LogP contribution in [0.5, 0.6) is 0 Å². The third-order valence-corrected chi connectivity index (χ3v) is 10.0. The maximum atomic E-state index is 14.1. The number of nitrogens with zero attached hydrogens (tertiary/aromatic N) is 5. The number of carbonyl (C=O) groups excluding carboxylic acids is 1. The second-order valence-corrected chi connectivity index (χ2v) is 13.3. The summed E-state index contributed by atoms with van der Waals surface area (Å²) in [4.78, 5) is 23.2. The lowest BCUT2D eigenvalue weighted by atomic mass is 10.0. The summed E-state index contributed by atoms with van der Waals surface area (Å²) in [5, 5.41) is 6.13. The van der Waals surface area contributed by atoms with Crippen LogP contribution < -0.4 is 4.90 Å². The highest BCUT2D eigenvalue weighted by molar-refractivity contribution is 7.91. The molecular weight excluding hydrogens is 546 g/mol. The summed E-state index contributed by atoms with van der Waals surface area (Å²) < 4.78 is 26.3. The molecule has 1 amide bonds. The number of aromatic nitrogens is 3. The lowest BCUT2D eigenvalue weighted by Gasteiger charge is -2.36. The number of pyridine rings is 1. The maximum Gasteiger partial charge on any atom is 0.254 e. The molecule has 10 heteroatoms. The van der Waals surface area contributed by atoms with E-state index in [9.17, 15) is 13.2 Å². The number of benzene rings is 2. The molecule has 208 valence electrons. The Kier molecular flexibility index (Phi) is 7.04. The number of fused-ring (bicyclic) bond motifs is 1. The second-order valence-electron chi connectivity index (χ2n) is 10.7. The fourth-order valence-electron chi connectivity index (χ4n) is 5.77. The third kappa shape index (κ3) is 5.08. The minimum Gasteiger partial charge on any atom is -0.368 e. The first-order valence-electron chi connectivity index (χ1n) is 13.7. The number of anilines is 1. The van der Waals surface area contributed by atoms with E-state index in [0.29, 0.717) is 65.6 Å². The monoisotopic (exact) mass is 577 g/mol. The molecule has 40 heavy (non-hydrogen) atoms. The van der Waals surface area contributed by atoms with E-state index < -0.39 is 9.84 Å². The zero-order valence-electron chi connectivity index (χ0n) is 22.7. The Morgan fingerprint density at radius 1 is 1.05 bits per heavy atom. The van der Waals surface area contributed by atoms with Crippen LogP contribution in [0.15, 0.2) is 54.6 Å². The molecule has 6 rings (SSSR count). The topological polar surface area (TPSA) is 88.4 Å². The Hall–Kier alpha value is -3.43. The van der Waals surface area contributed by atoms with Gasteiger partial charge in [-0.05, 0) is 49.6 Å². The van der Waals surface area contributed by atoms with Gasteiger partial charge in [-0.2, -0.15) is 5.10 Å². The van der Waals surface area contributed by atoms with Crippen molar-refractivity contribution in [2.45, 2.75) is 32.7 Å². The molecule has 2 fully saturated rings. The quantitative estimate of drug-likeness (QED) is 0.334. The number of halogens is 1. The summed E-state index contributed by atoms with van der Waals surface area (Å²) in [5.41, 5.74) is 5.66. The zero-order valence-corrected chi connectivity index (χ0v) is 24.2. The minimum absolute atomic E-state index is 0.0368. The van der Waals surface area contributed by atoms with Crippen molar-refractivity contribution in [2.24, 2.45) is 0 Å². The zero-order chi connectivity index (χ0) is 28.0. The van der Waals surface area contributed by atoms with Gasteiger partial charge in [-0.3, -0.25) is 4.79 Å². The minimum atomic E-state index is -3.12. The van der Waals surface area contributed by atoms with Gasteiger partial charge in [0.25, 0.3) is 5.91 Å². The van der Waals surface area contributed by atoms with Crippen molar-refractivity contribution >= 4 is 44.1 Å². The molecule has 1 atom stereocenters. The van der Waals surface area contributed by atoms with E-state index in [0.717, 1.165) is 17.7 Å². The largest absolute Gasteiger partial charge is 0.368 e. The van der Waals surface area contributed by atoms with E-state index in [1.807, 2.05) is 54.3 Å². The molecule has 0 radical (unpaired) electrons. The summed E-state index contributed by atoms with van der Waals surface area (Å²) in [6.07, 6.45) is 1.42. The summed E-state index contributed by atoms with van der Waals surface area (Å²) in [6, 6.07) is 17.6. The number of aryl methyl sites for hydroxylation is 2. The van der Waals surface area contributed by atoms with Gasteiger partial charge in [0.1, 0.15) is 0 Å². The van der Waals surface area contributed by atoms with Gasteiger partial charge >= 0.3 is 0 Å². The van der Waals surface area contributed by atoms with Crippen LogP contribution in [0.3, 0.4) is 0 Å². The van der Waals surface area contributed by atoms with Crippen LogP contribution in [0.4, 0.5) is 5.69 Å². The van der Waals surface area contributed by atoms with Crippen molar-refractivity contribution in [1.29, 1.82) is 0 Å². The molecule has 1 unspecified atom stereocenters. The number of hydrogen-bond donors (Lipinski definition) is 0. The predicted octanol–water partition coefficient (Wildman–Crippen LogP) is 4.94. The average Bonchev–Trinajstić information content (AvgIpc) is 3.50. The van der Waals surface area contributed by atoms with E-state index in [4.69, 9.17) is 21.7 Å². The highest BCUT2D eigenvalue weighted by Gasteiger charge is 2.33. The Morgan fingerprint density at radius 2 is 1.80 bits per heavy atom. The molecule has 0 spiro atoms. The highest BCUT2D eigenvalue weighted by atomic mass is 35.5. The van der Waals surface area contributed by atoms with Crippen molar-refractivity contribution in [3.05, 3.63) is 76.4 Å². The summed E-state index contributed by atoms with van der Waals surface area (Å²) in [6.45, 7) is 6.52. The first kappa shape index (κ1) is 26.8. The van der Waals surface area contributed by atoms with Gasteiger partial charge in [-0.1, -0.05) is 48.9 Å². The molecule has 2 aliphatic rings. The number of hydrogen-bond acceptors (Lipinski definition) is 6. The van der Waals surface area contributed by atoms with Crippen molar-refractivity contribution in [2.75, 3.05) is 42.6 Å². The van der Waals surface area contributed by atoms with E-state index in [1.165, 1.54) is 5.56 Å². The molecule has 2 aromatic heterocycles. The average molecular weight is 578 g/mol. The van der Waals surface area contributed by atoms with E-state index >= 15 is 0 Å². The maximum absolute atomic E-state index is 14.1. The smallest absolute Gasteiger partial charge is 0.254 e. The summed E-state index contributed by atoms with van der Waals surface area (Å²) >= 11 is 6.20. The van der Waals surface area contributed by atoms with Crippen LogP contribution in [0.25, 0.3) is 22.3 Å². The predicted molar refractivity (Wildman–Crippen MR) is 159 cm³/mol. The third-order valence-electron chi connectivity index (χ3n) is 8.02. The lowest BCUT2D eigenvalue weighted by molar-refractivity contribution is 0.0748. The normalized spacial score (nSPS) is 18.9. The first-order chi connectivity index (χ1) is 19.2. The fourth-order valence-corrected chi connectivity index (χ4v) is 7.65. The van der Waals surface area contributed by atoms with Gasteiger partial charge in [0.05, 0.1) is 39.9 Å². The van der Waals surface area contributed by atoms with Gasteiger partial charge in [0, 0.05) is 42.5 Å². The van der Waals surface area contributed by atoms with Crippen molar-refractivity contribution in [3.63, 3.8) is 0 Å². The molecule has 2 saturated heterocycles. The van der Waals surface area contributed by atoms with Gasteiger partial charge in [0.15, 0.2) is 15.5 Å². The van der Waals surface area contributed by atoms with Gasteiger partial charge in [-0.15, -0.1) is 0 Å². The number of piperazine rings is 1. The molecule has 0 aliphatic carbocycles. The molecule has 0 saturated carbocycles. The molecule has 4 aromatic rings. The van der Waals surface area contributed by atoms with Crippen molar-refractivity contribution in [3.8, 4) is 11.3 Å². The van der Waals surface area contributed by atoms with Crippen molar-refractivity contribution < 1.29 is 13.2 Å².